The molecular formula is C17H23NO3S. The number of benzene rings is 1. The van der Waals surface area contributed by atoms with Gasteiger partial charge in [0.25, 0.3) is 0 Å². The van der Waals surface area contributed by atoms with E-state index in [-0.39, 0.29) is 6.61 Å². The monoisotopic (exact) mass is 321 g/mol. The fourth-order valence-corrected chi connectivity index (χ4v) is 4.31. The van der Waals surface area contributed by atoms with Crippen LogP contribution in [-0.2, 0) is 6.54 Å². The number of methoxy groups -OCH3 is 2. The number of piperidine rings is 1. The van der Waals surface area contributed by atoms with Crippen molar-refractivity contribution in [1.82, 2.24) is 4.90 Å². The standard InChI is InChI=1S/C17H23NO3S/c1-10-6-15(22)18(17-13(9-19)16(10)17)8-11-4-5-12(20-2)7-14(11)21-3/h4-5,7,10,13,16-17,19H,6,8-9H2,1-3H3/t10-,13-,16-,17+/m0/s1. The number of rotatable bonds is 5. The van der Waals surface area contributed by atoms with Crippen molar-refractivity contribution in [2.24, 2.45) is 17.8 Å². The van der Waals surface area contributed by atoms with Gasteiger partial charge >= 0.3 is 0 Å². The Labute approximate surface area is 137 Å². The van der Waals surface area contributed by atoms with Crippen molar-refractivity contribution < 1.29 is 14.6 Å². The molecule has 0 amide bonds. The maximum atomic E-state index is 9.58. The fraction of sp³-hybridized carbons (Fsp3) is 0.588. The average molecular weight is 321 g/mol. The van der Waals surface area contributed by atoms with Crippen molar-refractivity contribution in [1.29, 1.82) is 0 Å². The Morgan fingerprint density at radius 1 is 1.32 bits per heavy atom. The predicted octanol–water partition coefficient (Wildman–Crippen LogP) is 2.48. The van der Waals surface area contributed by atoms with Gasteiger partial charge in [0.05, 0.1) is 19.2 Å². The minimum absolute atomic E-state index is 0.249. The third-order valence-electron chi connectivity index (χ3n) is 5.07. The molecule has 22 heavy (non-hydrogen) atoms. The molecule has 5 heteroatoms. The Balaban J connectivity index is 1.82. The highest BCUT2D eigenvalue weighted by molar-refractivity contribution is 7.80. The van der Waals surface area contributed by atoms with E-state index in [1.807, 2.05) is 18.2 Å². The number of ether oxygens (including phenoxy) is 2. The molecule has 1 saturated heterocycles. The molecule has 1 aliphatic heterocycles. The fourth-order valence-electron chi connectivity index (χ4n) is 3.86. The first-order valence-electron chi connectivity index (χ1n) is 7.72. The van der Waals surface area contributed by atoms with Gasteiger partial charge in [-0.1, -0.05) is 19.1 Å². The van der Waals surface area contributed by atoms with Crippen LogP contribution >= 0.6 is 12.2 Å². The van der Waals surface area contributed by atoms with E-state index in [0.717, 1.165) is 35.0 Å². The molecule has 0 spiro atoms. The van der Waals surface area contributed by atoms with Gasteiger partial charge in [-0.3, -0.25) is 0 Å². The molecule has 1 saturated carbocycles. The molecule has 120 valence electrons. The van der Waals surface area contributed by atoms with Gasteiger partial charge < -0.3 is 19.5 Å². The lowest BCUT2D eigenvalue weighted by molar-refractivity contribution is 0.254. The molecular weight excluding hydrogens is 298 g/mol. The van der Waals surface area contributed by atoms with Crippen LogP contribution in [0.2, 0.25) is 0 Å². The van der Waals surface area contributed by atoms with Crippen LogP contribution in [0.5, 0.6) is 11.5 Å². The van der Waals surface area contributed by atoms with E-state index in [0.29, 0.717) is 23.8 Å². The van der Waals surface area contributed by atoms with Gasteiger partial charge in [0, 0.05) is 43.2 Å². The Morgan fingerprint density at radius 2 is 2.09 bits per heavy atom. The van der Waals surface area contributed by atoms with Crippen LogP contribution in [-0.4, -0.2) is 41.9 Å². The predicted molar refractivity (Wildman–Crippen MR) is 89.3 cm³/mol. The minimum Gasteiger partial charge on any atom is -0.497 e. The van der Waals surface area contributed by atoms with Crippen molar-refractivity contribution in [2.45, 2.75) is 25.9 Å². The molecule has 0 bridgehead atoms. The Hall–Kier alpha value is -1.33. The molecule has 1 N–H and O–H groups in total. The Morgan fingerprint density at radius 3 is 2.73 bits per heavy atom. The van der Waals surface area contributed by atoms with Crippen LogP contribution in [0.15, 0.2) is 18.2 Å². The first kappa shape index (κ1) is 15.6. The number of thiocarbonyl (C=S) groups is 1. The highest BCUT2D eigenvalue weighted by Gasteiger charge is 2.58. The quantitative estimate of drug-likeness (QED) is 0.844. The van der Waals surface area contributed by atoms with Crippen LogP contribution in [0.25, 0.3) is 0 Å². The van der Waals surface area contributed by atoms with Crippen LogP contribution in [0.4, 0.5) is 0 Å². The molecule has 1 heterocycles. The van der Waals surface area contributed by atoms with Crippen LogP contribution in [0.3, 0.4) is 0 Å². The lowest BCUT2D eigenvalue weighted by atomic mass is 9.97. The third kappa shape index (κ3) is 2.57. The summed E-state index contributed by atoms with van der Waals surface area (Å²) in [6, 6.07) is 6.26. The number of hydrogen-bond acceptors (Lipinski definition) is 4. The number of likely N-dealkylation sites (tertiary alicyclic amines) is 1. The summed E-state index contributed by atoms with van der Waals surface area (Å²) in [5.74, 6) is 3.11. The van der Waals surface area contributed by atoms with E-state index in [9.17, 15) is 5.11 Å². The van der Waals surface area contributed by atoms with Gasteiger partial charge in [0.15, 0.2) is 0 Å². The van der Waals surface area contributed by atoms with Crippen LogP contribution < -0.4 is 9.47 Å². The van der Waals surface area contributed by atoms with E-state index in [2.05, 4.69) is 11.8 Å². The second kappa shape index (κ2) is 6.05. The number of aliphatic hydroxyl groups is 1. The zero-order chi connectivity index (χ0) is 15.9. The summed E-state index contributed by atoms with van der Waals surface area (Å²) in [4.78, 5) is 3.29. The van der Waals surface area contributed by atoms with Gasteiger partial charge in [-0.25, -0.2) is 0 Å². The van der Waals surface area contributed by atoms with E-state index >= 15 is 0 Å². The largest absolute Gasteiger partial charge is 0.497 e. The maximum absolute atomic E-state index is 9.58. The second-order valence-corrected chi connectivity index (χ2v) is 6.77. The van der Waals surface area contributed by atoms with Crippen molar-refractivity contribution in [3.8, 4) is 11.5 Å². The average Bonchev–Trinajstić information content (AvgIpc) is 3.26. The lowest BCUT2D eigenvalue weighted by Gasteiger charge is -2.32. The smallest absolute Gasteiger partial charge is 0.127 e. The number of fused-ring (bicyclic) bond motifs is 1. The highest BCUT2D eigenvalue weighted by Crippen LogP contribution is 2.53. The molecule has 3 rings (SSSR count). The molecule has 1 aliphatic carbocycles. The highest BCUT2D eigenvalue weighted by atomic mass is 32.1. The SMILES string of the molecule is COc1ccc(CN2C(=S)C[C@H](C)[C@H]3[C@H](CO)[C@H]32)c(OC)c1. The van der Waals surface area contributed by atoms with Gasteiger partial charge in [-0.2, -0.15) is 0 Å². The molecule has 4 atom stereocenters. The van der Waals surface area contributed by atoms with Crippen LogP contribution in [0, 0.1) is 17.8 Å². The zero-order valence-corrected chi connectivity index (χ0v) is 14.1. The van der Waals surface area contributed by atoms with Crippen molar-refractivity contribution >= 4 is 17.2 Å². The zero-order valence-electron chi connectivity index (χ0n) is 13.3. The first-order chi connectivity index (χ1) is 10.6. The molecule has 2 aliphatic rings. The molecule has 1 aromatic rings. The molecule has 0 unspecified atom stereocenters. The summed E-state index contributed by atoms with van der Waals surface area (Å²) in [6.45, 7) is 3.22. The van der Waals surface area contributed by atoms with Gasteiger partial charge in [-0.15, -0.1) is 0 Å². The Kier molecular flexibility index (Phi) is 4.28. The van der Waals surface area contributed by atoms with Gasteiger partial charge in [-0.05, 0) is 24.0 Å². The topological polar surface area (TPSA) is 41.9 Å². The van der Waals surface area contributed by atoms with E-state index in [1.54, 1.807) is 14.2 Å². The minimum atomic E-state index is 0.249. The molecule has 0 radical (unpaired) electrons. The lowest BCUT2D eigenvalue weighted by Crippen LogP contribution is -2.38. The summed E-state index contributed by atoms with van der Waals surface area (Å²) >= 11 is 5.61. The molecule has 1 aromatic carbocycles. The summed E-state index contributed by atoms with van der Waals surface area (Å²) in [5, 5.41) is 9.58. The summed E-state index contributed by atoms with van der Waals surface area (Å²) in [6.07, 6.45) is 0.936. The summed E-state index contributed by atoms with van der Waals surface area (Å²) in [5.41, 5.74) is 1.10. The van der Waals surface area contributed by atoms with E-state index in [4.69, 9.17) is 21.7 Å². The first-order valence-corrected chi connectivity index (χ1v) is 8.12. The molecule has 2 fully saturated rings. The van der Waals surface area contributed by atoms with Crippen molar-refractivity contribution in [2.75, 3.05) is 20.8 Å². The van der Waals surface area contributed by atoms with E-state index < -0.39 is 0 Å². The van der Waals surface area contributed by atoms with Crippen molar-refractivity contribution in [3.63, 3.8) is 0 Å². The van der Waals surface area contributed by atoms with Gasteiger partial charge in [0.1, 0.15) is 11.5 Å². The summed E-state index contributed by atoms with van der Waals surface area (Å²) in [7, 11) is 3.32. The van der Waals surface area contributed by atoms with Gasteiger partial charge in [0.2, 0.25) is 0 Å². The van der Waals surface area contributed by atoms with Crippen LogP contribution in [0.1, 0.15) is 18.9 Å². The molecule has 4 nitrogen and oxygen atoms in total. The third-order valence-corrected chi connectivity index (χ3v) is 5.47. The number of hydrogen-bond donors (Lipinski definition) is 1. The summed E-state index contributed by atoms with van der Waals surface area (Å²) < 4.78 is 10.7. The second-order valence-electron chi connectivity index (χ2n) is 6.30. The molecule has 0 aromatic heterocycles. The number of aliphatic hydroxyl groups excluding tert-OH is 1. The van der Waals surface area contributed by atoms with E-state index in [1.165, 1.54) is 0 Å². The Bertz CT molecular complexity index is 577. The normalized spacial score (nSPS) is 30.0. The maximum Gasteiger partial charge on any atom is 0.127 e. The number of nitrogens with zero attached hydrogens (tertiary/aromatic N) is 1. The van der Waals surface area contributed by atoms with Crippen molar-refractivity contribution in [3.05, 3.63) is 23.8 Å².